The van der Waals surface area contributed by atoms with E-state index in [1.54, 1.807) is 24.3 Å². The van der Waals surface area contributed by atoms with Crippen molar-refractivity contribution in [3.63, 3.8) is 0 Å². The Morgan fingerprint density at radius 3 is 2.55 bits per heavy atom. The second kappa shape index (κ2) is 6.33. The summed E-state index contributed by atoms with van der Waals surface area (Å²) in [5.74, 6) is -0.00759. The third-order valence-corrected chi connectivity index (χ3v) is 3.59. The van der Waals surface area contributed by atoms with Gasteiger partial charge in [-0.2, -0.15) is 0 Å². The second-order valence-corrected chi connectivity index (χ2v) is 5.17. The van der Waals surface area contributed by atoms with E-state index < -0.39 is 5.97 Å². The van der Waals surface area contributed by atoms with E-state index in [9.17, 15) is 4.79 Å². The summed E-state index contributed by atoms with van der Waals surface area (Å²) in [5, 5.41) is 9.32. The molecule has 1 aliphatic heterocycles. The van der Waals surface area contributed by atoms with E-state index in [1.807, 2.05) is 4.90 Å². The van der Waals surface area contributed by atoms with Gasteiger partial charge in [-0.3, -0.25) is 0 Å². The van der Waals surface area contributed by atoms with Crippen LogP contribution in [0.3, 0.4) is 0 Å². The molecule has 0 saturated carbocycles. The number of methoxy groups -OCH3 is 1. The SMILES string of the molecule is COC(=O)c1nn(-c2ccc(Cl)cc2)nc1N1CCOCC1. The van der Waals surface area contributed by atoms with Crippen LogP contribution in [0, 0.1) is 0 Å². The van der Waals surface area contributed by atoms with Gasteiger partial charge in [0.25, 0.3) is 0 Å². The van der Waals surface area contributed by atoms with Crippen LogP contribution >= 0.6 is 11.6 Å². The topological polar surface area (TPSA) is 69.5 Å². The fraction of sp³-hybridized carbons (Fsp3) is 0.357. The third kappa shape index (κ3) is 2.90. The molecule has 0 atom stereocenters. The molecular formula is C14H15ClN4O3. The van der Waals surface area contributed by atoms with E-state index in [4.69, 9.17) is 21.1 Å². The number of halogens is 1. The largest absolute Gasteiger partial charge is 0.464 e. The van der Waals surface area contributed by atoms with Gasteiger partial charge < -0.3 is 14.4 Å². The Balaban J connectivity index is 2.00. The summed E-state index contributed by atoms with van der Waals surface area (Å²) in [6, 6.07) is 7.05. The van der Waals surface area contributed by atoms with E-state index in [0.29, 0.717) is 42.8 Å². The number of ether oxygens (including phenoxy) is 2. The first-order chi connectivity index (χ1) is 10.7. The van der Waals surface area contributed by atoms with Crippen molar-refractivity contribution in [2.24, 2.45) is 0 Å². The summed E-state index contributed by atoms with van der Waals surface area (Å²) in [6.45, 7) is 2.50. The molecule has 0 aliphatic carbocycles. The minimum Gasteiger partial charge on any atom is -0.464 e. The van der Waals surface area contributed by atoms with Crippen LogP contribution in [-0.4, -0.2) is 54.4 Å². The van der Waals surface area contributed by atoms with Crippen LogP contribution in [0.4, 0.5) is 5.82 Å². The molecule has 1 saturated heterocycles. The smallest absolute Gasteiger partial charge is 0.362 e. The fourth-order valence-corrected chi connectivity index (χ4v) is 2.33. The highest BCUT2D eigenvalue weighted by atomic mass is 35.5. The predicted octanol–water partition coefficient (Wildman–Crippen LogP) is 1.54. The van der Waals surface area contributed by atoms with Gasteiger partial charge in [-0.25, -0.2) is 4.79 Å². The van der Waals surface area contributed by atoms with Gasteiger partial charge in [-0.1, -0.05) is 11.6 Å². The summed E-state index contributed by atoms with van der Waals surface area (Å²) >= 11 is 5.88. The average Bonchev–Trinajstić information content (AvgIpc) is 3.01. The van der Waals surface area contributed by atoms with Gasteiger partial charge in [0.2, 0.25) is 5.69 Å². The summed E-state index contributed by atoms with van der Waals surface area (Å²) in [4.78, 5) is 15.3. The lowest BCUT2D eigenvalue weighted by molar-refractivity contribution is 0.0593. The van der Waals surface area contributed by atoms with Crippen LogP contribution in [0.5, 0.6) is 0 Å². The molecule has 2 aromatic rings. The van der Waals surface area contributed by atoms with Crippen molar-refractivity contribution >= 4 is 23.4 Å². The minimum absolute atomic E-state index is 0.194. The number of rotatable bonds is 3. The molecule has 8 heteroatoms. The van der Waals surface area contributed by atoms with Crippen LogP contribution in [0.15, 0.2) is 24.3 Å². The first-order valence-corrected chi connectivity index (χ1v) is 7.21. The van der Waals surface area contributed by atoms with Crippen molar-refractivity contribution in [2.45, 2.75) is 0 Å². The number of benzene rings is 1. The number of hydrogen-bond acceptors (Lipinski definition) is 6. The number of carbonyl (C=O) groups excluding carboxylic acids is 1. The zero-order valence-corrected chi connectivity index (χ0v) is 12.8. The van der Waals surface area contributed by atoms with E-state index in [-0.39, 0.29) is 5.69 Å². The second-order valence-electron chi connectivity index (χ2n) is 4.73. The van der Waals surface area contributed by atoms with Crippen LogP contribution in [-0.2, 0) is 9.47 Å². The molecule has 0 radical (unpaired) electrons. The molecule has 1 aromatic carbocycles. The lowest BCUT2D eigenvalue weighted by Gasteiger charge is -2.26. The molecule has 3 rings (SSSR count). The monoisotopic (exact) mass is 322 g/mol. The maximum Gasteiger partial charge on any atom is 0.362 e. The number of anilines is 1. The van der Waals surface area contributed by atoms with Crippen LogP contribution < -0.4 is 4.90 Å². The molecule has 0 bridgehead atoms. The average molecular weight is 323 g/mol. The van der Waals surface area contributed by atoms with Crippen molar-refractivity contribution in [1.82, 2.24) is 15.0 Å². The Morgan fingerprint density at radius 2 is 1.91 bits per heavy atom. The van der Waals surface area contributed by atoms with Gasteiger partial charge in [-0.15, -0.1) is 15.0 Å². The Labute approximate surface area is 132 Å². The quantitative estimate of drug-likeness (QED) is 0.798. The normalized spacial score (nSPS) is 14.9. The van der Waals surface area contributed by atoms with Gasteiger partial charge in [0, 0.05) is 18.1 Å². The highest BCUT2D eigenvalue weighted by Crippen LogP contribution is 2.20. The molecule has 0 N–H and O–H groups in total. The van der Waals surface area contributed by atoms with Crippen LogP contribution in [0.25, 0.3) is 5.69 Å². The maximum absolute atomic E-state index is 12.0. The maximum atomic E-state index is 12.0. The highest BCUT2D eigenvalue weighted by Gasteiger charge is 2.25. The van der Waals surface area contributed by atoms with E-state index in [0.717, 1.165) is 0 Å². The molecule has 22 heavy (non-hydrogen) atoms. The summed E-state index contributed by atoms with van der Waals surface area (Å²) in [6.07, 6.45) is 0. The molecule has 2 heterocycles. The predicted molar refractivity (Wildman–Crippen MR) is 80.7 cm³/mol. The third-order valence-electron chi connectivity index (χ3n) is 3.34. The molecule has 0 amide bonds. The van der Waals surface area contributed by atoms with E-state index >= 15 is 0 Å². The fourth-order valence-electron chi connectivity index (χ4n) is 2.21. The van der Waals surface area contributed by atoms with Crippen molar-refractivity contribution in [3.8, 4) is 5.69 Å². The summed E-state index contributed by atoms with van der Waals surface area (Å²) in [7, 11) is 1.33. The summed E-state index contributed by atoms with van der Waals surface area (Å²) in [5.41, 5.74) is 0.911. The van der Waals surface area contributed by atoms with Crippen LogP contribution in [0.1, 0.15) is 10.5 Å². The summed E-state index contributed by atoms with van der Waals surface area (Å²) < 4.78 is 10.1. The molecular weight excluding hydrogens is 308 g/mol. The number of nitrogens with zero attached hydrogens (tertiary/aromatic N) is 4. The van der Waals surface area contributed by atoms with Gasteiger partial charge >= 0.3 is 5.97 Å². The van der Waals surface area contributed by atoms with Gasteiger partial charge in [-0.05, 0) is 24.3 Å². The standard InChI is InChI=1S/C14H15ClN4O3/c1-21-14(20)12-13(18-6-8-22-9-7-18)17-19(16-12)11-4-2-10(15)3-5-11/h2-5H,6-9H2,1H3. The Bertz CT molecular complexity index is 665. The van der Waals surface area contributed by atoms with Gasteiger partial charge in [0.05, 0.1) is 26.0 Å². The molecule has 1 fully saturated rings. The lowest BCUT2D eigenvalue weighted by atomic mass is 10.3. The van der Waals surface area contributed by atoms with Crippen molar-refractivity contribution in [2.75, 3.05) is 38.3 Å². The van der Waals surface area contributed by atoms with Gasteiger partial charge in [0.1, 0.15) is 0 Å². The Morgan fingerprint density at radius 1 is 1.23 bits per heavy atom. The number of carbonyl (C=O) groups is 1. The first kappa shape index (κ1) is 14.8. The van der Waals surface area contributed by atoms with Crippen molar-refractivity contribution in [3.05, 3.63) is 35.0 Å². The first-order valence-electron chi connectivity index (χ1n) is 6.83. The molecule has 0 spiro atoms. The molecule has 0 unspecified atom stereocenters. The lowest BCUT2D eigenvalue weighted by Crippen LogP contribution is -2.37. The number of morpholine rings is 1. The zero-order valence-electron chi connectivity index (χ0n) is 12.0. The molecule has 7 nitrogen and oxygen atoms in total. The van der Waals surface area contributed by atoms with Crippen molar-refractivity contribution < 1.29 is 14.3 Å². The van der Waals surface area contributed by atoms with E-state index in [1.165, 1.54) is 11.9 Å². The highest BCUT2D eigenvalue weighted by molar-refractivity contribution is 6.30. The Hall–Kier alpha value is -2.12. The Kier molecular flexibility index (Phi) is 4.26. The molecule has 1 aromatic heterocycles. The molecule has 116 valence electrons. The van der Waals surface area contributed by atoms with E-state index in [2.05, 4.69) is 10.2 Å². The van der Waals surface area contributed by atoms with Crippen LogP contribution in [0.2, 0.25) is 5.02 Å². The molecule has 1 aliphatic rings. The number of hydrogen-bond donors (Lipinski definition) is 0. The zero-order chi connectivity index (χ0) is 15.5. The van der Waals surface area contributed by atoms with Crippen molar-refractivity contribution in [1.29, 1.82) is 0 Å². The number of aromatic nitrogens is 3. The number of esters is 1. The minimum atomic E-state index is -0.512. The van der Waals surface area contributed by atoms with Gasteiger partial charge in [0.15, 0.2) is 5.82 Å².